The number of aryl methyl sites for hydroxylation is 1. The highest BCUT2D eigenvalue weighted by Gasteiger charge is 2.36. The van der Waals surface area contributed by atoms with Crippen LogP contribution in [0.25, 0.3) is 0 Å². The van der Waals surface area contributed by atoms with E-state index in [-0.39, 0.29) is 0 Å². The second kappa shape index (κ2) is 6.39. The lowest BCUT2D eigenvalue weighted by molar-refractivity contribution is 0.212. The third-order valence-electron chi connectivity index (χ3n) is 5.51. The van der Waals surface area contributed by atoms with Gasteiger partial charge in [0.15, 0.2) is 0 Å². The first kappa shape index (κ1) is 14.9. The molecule has 2 heteroatoms. The number of benzene rings is 1. The minimum atomic E-state index is 0.510. The van der Waals surface area contributed by atoms with Gasteiger partial charge in [-0.25, -0.2) is 0 Å². The summed E-state index contributed by atoms with van der Waals surface area (Å²) in [4.78, 5) is 0. The maximum absolute atomic E-state index is 5.60. The summed E-state index contributed by atoms with van der Waals surface area (Å²) in [6.07, 6.45) is 9.12. The maximum atomic E-state index is 5.60. The lowest BCUT2D eigenvalue weighted by atomic mass is 9.78. The molecule has 1 unspecified atom stereocenters. The largest absolute Gasteiger partial charge is 0.493 e. The van der Waals surface area contributed by atoms with E-state index in [1.54, 1.807) is 0 Å². The number of hydrogen-bond acceptors (Lipinski definition) is 2. The summed E-state index contributed by atoms with van der Waals surface area (Å²) in [5.41, 5.74) is 3.39. The zero-order valence-corrected chi connectivity index (χ0v) is 13.6. The highest BCUT2D eigenvalue weighted by molar-refractivity contribution is 5.39. The van der Waals surface area contributed by atoms with Crippen LogP contribution in [0.5, 0.6) is 5.75 Å². The van der Waals surface area contributed by atoms with Crippen molar-refractivity contribution in [3.05, 3.63) is 29.3 Å². The molecule has 0 spiro atoms. The summed E-state index contributed by atoms with van der Waals surface area (Å²) in [6, 6.07) is 7.44. The van der Waals surface area contributed by atoms with Crippen LogP contribution in [0.4, 0.5) is 0 Å². The van der Waals surface area contributed by atoms with Crippen LogP contribution in [0.1, 0.15) is 57.1 Å². The summed E-state index contributed by atoms with van der Waals surface area (Å²) in [5, 5.41) is 3.76. The second-order valence-corrected chi connectivity index (χ2v) is 7.05. The van der Waals surface area contributed by atoms with E-state index in [0.717, 1.165) is 25.3 Å². The molecule has 2 aliphatic rings. The van der Waals surface area contributed by atoms with Gasteiger partial charge in [-0.15, -0.1) is 0 Å². The zero-order chi connectivity index (χ0) is 14.7. The van der Waals surface area contributed by atoms with E-state index in [2.05, 4.69) is 37.4 Å². The molecule has 1 aromatic carbocycles. The van der Waals surface area contributed by atoms with E-state index in [4.69, 9.17) is 4.74 Å². The molecule has 0 bridgehead atoms. The first-order chi connectivity index (χ1) is 10.2. The molecule has 21 heavy (non-hydrogen) atoms. The van der Waals surface area contributed by atoms with Crippen molar-refractivity contribution in [2.45, 2.75) is 64.8 Å². The van der Waals surface area contributed by atoms with Crippen molar-refractivity contribution in [3.8, 4) is 5.75 Å². The summed E-state index contributed by atoms with van der Waals surface area (Å²) in [6.45, 7) is 6.66. The summed E-state index contributed by atoms with van der Waals surface area (Å²) in [5.74, 6) is 1.10. The van der Waals surface area contributed by atoms with Crippen LogP contribution in [0.15, 0.2) is 18.2 Å². The summed E-state index contributed by atoms with van der Waals surface area (Å²) >= 11 is 0. The van der Waals surface area contributed by atoms with Crippen LogP contribution in [-0.2, 0) is 12.8 Å². The van der Waals surface area contributed by atoms with Gasteiger partial charge in [-0.05, 0) is 54.8 Å². The quantitative estimate of drug-likeness (QED) is 0.850. The molecule has 3 rings (SSSR count). The van der Waals surface area contributed by atoms with Crippen molar-refractivity contribution in [3.63, 3.8) is 0 Å². The summed E-state index contributed by atoms with van der Waals surface area (Å²) < 4.78 is 5.60. The Morgan fingerprint density at radius 1 is 1.29 bits per heavy atom. The molecule has 0 radical (unpaired) electrons. The van der Waals surface area contributed by atoms with Gasteiger partial charge in [0.1, 0.15) is 5.75 Å². The Balaban J connectivity index is 1.64. The second-order valence-electron chi connectivity index (χ2n) is 7.05. The van der Waals surface area contributed by atoms with E-state index in [9.17, 15) is 0 Å². The fourth-order valence-electron chi connectivity index (χ4n) is 4.18. The Kier molecular flexibility index (Phi) is 4.54. The Morgan fingerprint density at radius 2 is 2.10 bits per heavy atom. The Labute approximate surface area is 129 Å². The van der Waals surface area contributed by atoms with Crippen LogP contribution >= 0.6 is 0 Å². The summed E-state index contributed by atoms with van der Waals surface area (Å²) in [7, 11) is 0. The smallest absolute Gasteiger partial charge is 0.122 e. The number of ether oxygens (including phenoxy) is 1. The SMILES string of the molecule is CCNC(CCc1ccc2c(c1)CCO2)C1(C)CCCC1. The van der Waals surface area contributed by atoms with Crippen LogP contribution in [0.3, 0.4) is 0 Å². The molecule has 1 aliphatic heterocycles. The number of nitrogens with one attached hydrogen (secondary N) is 1. The van der Waals surface area contributed by atoms with Gasteiger partial charge in [0, 0.05) is 12.5 Å². The van der Waals surface area contributed by atoms with Crippen molar-refractivity contribution in [1.29, 1.82) is 0 Å². The van der Waals surface area contributed by atoms with Gasteiger partial charge in [-0.3, -0.25) is 0 Å². The van der Waals surface area contributed by atoms with E-state index < -0.39 is 0 Å². The molecule has 1 fully saturated rings. The normalized spacial score (nSPS) is 21.0. The van der Waals surface area contributed by atoms with Gasteiger partial charge in [0.2, 0.25) is 0 Å². The van der Waals surface area contributed by atoms with E-state index in [0.29, 0.717) is 11.5 Å². The van der Waals surface area contributed by atoms with E-state index >= 15 is 0 Å². The van der Waals surface area contributed by atoms with Crippen LogP contribution in [0, 0.1) is 5.41 Å². The monoisotopic (exact) mass is 287 g/mol. The number of rotatable bonds is 6. The molecular weight excluding hydrogens is 258 g/mol. The predicted molar refractivity (Wildman–Crippen MR) is 88.0 cm³/mol. The van der Waals surface area contributed by atoms with Gasteiger partial charge in [-0.1, -0.05) is 38.8 Å². The Morgan fingerprint density at radius 3 is 2.86 bits per heavy atom. The van der Waals surface area contributed by atoms with Gasteiger partial charge in [-0.2, -0.15) is 0 Å². The molecular formula is C19H29NO. The fourth-order valence-corrected chi connectivity index (χ4v) is 4.18. The van der Waals surface area contributed by atoms with Crippen molar-refractivity contribution in [2.24, 2.45) is 5.41 Å². The van der Waals surface area contributed by atoms with Gasteiger partial charge in [0.05, 0.1) is 6.61 Å². The van der Waals surface area contributed by atoms with Crippen molar-refractivity contribution in [2.75, 3.05) is 13.2 Å². The molecule has 1 aromatic rings. The molecule has 1 saturated carbocycles. The first-order valence-corrected chi connectivity index (χ1v) is 8.69. The van der Waals surface area contributed by atoms with Gasteiger partial charge < -0.3 is 10.1 Å². The van der Waals surface area contributed by atoms with Crippen LogP contribution in [0.2, 0.25) is 0 Å². The topological polar surface area (TPSA) is 21.3 Å². The number of hydrogen-bond donors (Lipinski definition) is 1. The van der Waals surface area contributed by atoms with Crippen molar-refractivity contribution in [1.82, 2.24) is 5.32 Å². The van der Waals surface area contributed by atoms with E-state index in [1.165, 1.54) is 49.7 Å². The van der Waals surface area contributed by atoms with Crippen LogP contribution < -0.4 is 10.1 Å². The average molecular weight is 287 g/mol. The van der Waals surface area contributed by atoms with Crippen molar-refractivity contribution >= 4 is 0 Å². The number of fused-ring (bicyclic) bond motifs is 1. The van der Waals surface area contributed by atoms with Gasteiger partial charge >= 0.3 is 0 Å². The van der Waals surface area contributed by atoms with E-state index in [1.807, 2.05) is 0 Å². The third kappa shape index (κ3) is 3.26. The standard InChI is InChI=1S/C19H29NO/c1-3-20-18(19(2)11-4-5-12-19)9-7-15-6-8-17-16(14-15)10-13-21-17/h6,8,14,18,20H,3-5,7,9-13H2,1-2H3. The predicted octanol–water partition coefficient (Wildman–Crippen LogP) is 4.11. The lowest BCUT2D eigenvalue weighted by Crippen LogP contribution is -2.42. The highest BCUT2D eigenvalue weighted by atomic mass is 16.5. The minimum absolute atomic E-state index is 0.510. The molecule has 116 valence electrons. The molecule has 1 heterocycles. The first-order valence-electron chi connectivity index (χ1n) is 8.69. The average Bonchev–Trinajstić information content (AvgIpc) is 3.12. The molecule has 1 atom stereocenters. The molecule has 2 nitrogen and oxygen atoms in total. The minimum Gasteiger partial charge on any atom is -0.493 e. The Hall–Kier alpha value is -1.02. The molecule has 0 aromatic heterocycles. The third-order valence-corrected chi connectivity index (χ3v) is 5.51. The van der Waals surface area contributed by atoms with Crippen molar-refractivity contribution < 1.29 is 4.74 Å². The Bertz CT molecular complexity index is 476. The van der Waals surface area contributed by atoms with Crippen LogP contribution in [-0.4, -0.2) is 19.2 Å². The van der Waals surface area contributed by atoms with Gasteiger partial charge in [0.25, 0.3) is 0 Å². The highest BCUT2D eigenvalue weighted by Crippen LogP contribution is 2.42. The maximum Gasteiger partial charge on any atom is 0.122 e. The molecule has 0 amide bonds. The lowest BCUT2D eigenvalue weighted by Gasteiger charge is -2.35. The fraction of sp³-hybridized carbons (Fsp3) is 0.684. The zero-order valence-electron chi connectivity index (χ0n) is 13.6. The molecule has 1 N–H and O–H groups in total. The molecule has 1 aliphatic carbocycles. The molecule has 0 saturated heterocycles.